The van der Waals surface area contributed by atoms with E-state index >= 15 is 0 Å². The van der Waals surface area contributed by atoms with E-state index in [4.69, 9.17) is 5.11 Å². The lowest BCUT2D eigenvalue weighted by molar-refractivity contribution is 0.0414. The minimum atomic E-state index is -1.01. The molecule has 0 aliphatic heterocycles. The summed E-state index contributed by atoms with van der Waals surface area (Å²) in [6.07, 6.45) is 2.50. The van der Waals surface area contributed by atoms with Crippen molar-refractivity contribution in [2.45, 2.75) is 32.3 Å². The van der Waals surface area contributed by atoms with E-state index in [0.717, 1.165) is 5.56 Å². The van der Waals surface area contributed by atoms with E-state index in [-0.39, 0.29) is 19.1 Å². The number of carbonyl (C=O) groups excluding carboxylic acids is 1. The highest BCUT2D eigenvalue weighted by Crippen LogP contribution is 2.11. The average molecular weight is 252 g/mol. The lowest BCUT2D eigenvalue weighted by Crippen LogP contribution is -2.41. The highest BCUT2D eigenvalue weighted by molar-refractivity contribution is 5.93. The molecule has 0 fully saturated rings. The van der Waals surface area contributed by atoms with Gasteiger partial charge in [-0.15, -0.1) is 0 Å². The van der Waals surface area contributed by atoms with Crippen molar-refractivity contribution < 1.29 is 15.0 Å². The van der Waals surface area contributed by atoms with Crippen LogP contribution < -0.4 is 5.32 Å². The molecule has 0 aliphatic rings. The molecular formula is C13H20N2O3. The first-order valence-electron chi connectivity index (χ1n) is 5.99. The third-order valence-corrected chi connectivity index (χ3v) is 2.73. The fourth-order valence-corrected chi connectivity index (χ4v) is 1.63. The van der Waals surface area contributed by atoms with Gasteiger partial charge in [-0.2, -0.15) is 0 Å². The Kier molecular flexibility index (Phi) is 5.25. The number of amides is 1. The molecule has 1 heterocycles. The molecule has 1 aromatic heterocycles. The molecule has 0 aliphatic carbocycles. The van der Waals surface area contributed by atoms with Gasteiger partial charge in [-0.05, 0) is 38.3 Å². The number of hydrogen-bond acceptors (Lipinski definition) is 4. The molecule has 0 saturated carbocycles. The van der Waals surface area contributed by atoms with Crippen molar-refractivity contribution >= 4 is 5.91 Å². The van der Waals surface area contributed by atoms with Gasteiger partial charge in [0, 0.05) is 19.3 Å². The van der Waals surface area contributed by atoms with Crippen LogP contribution in [0.3, 0.4) is 0 Å². The number of rotatable bonds is 6. The van der Waals surface area contributed by atoms with Crippen LogP contribution >= 0.6 is 0 Å². The monoisotopic (exact) mass is 252 g/mol. The SMILES string of the molecule is Cc1cccnc1C(=O)NCC(C)(O)CCCO. The van der Waals surface area contributed by atoms with Crippen molar-refractivity contribution in [2.24, 2.45) is 0 Å². The molecule has 18 heavy (non-hydrogen) atoms. The predicted molar refractivity (Wildman–Crippen MR) is 68.3 cm³/mol. The van der Waals surface area contributed by atoms with E-state index in [9.17, 15) is 9.90 Å². The van der Waals surface area contributed by atoms with Crippen molar-refractivity contribution in [1.82, 2.24) is 10.3 Å². The topological polar surface area (TPSA) is 82.5 Å². The van der Waals surface area contributed by atoms with Crippen molar-refractivity contribution in [3.05, 3.63) is 29.6 Å². The van der Waals surface area contributed by atoms with Gasteiger partial charge in [0.05, 0.1) is 5.60 Å². The molecule has 0 spiro atoms. The quantitative estimate of drug-likeness (QED) is 0.694. The normalized spacial score (nSPS) is 14.0. The minimum absolute atomic E-state index is 0.0312. The lowest BCUT2D eigenvalue weighted by atomic mass is 10.0. The maximum absolute atomic E-state index is 11.9. The summed E-state index contributed by atoms with van der Waals surface area (Å²) in [5.74, 6) is -0.294. The standard InChI is InChI=1S/C13H20N2O3/c1-10-5-3-7-14-11(10)12(17)15-9-13(2,18)6-4-8-16/h3,5,7,16,18H,4,6,8-9H2,1-2H3,(H,15,17). The molecule has 1 rings (SSSR count). The average Bonchev–Trinajstić information content (AvgIpc) is 2.34. The summed E-state index contributed by atoms with van der Waals surface area (Å²) < 4.78 is 0. The zero-order valence-corrected chi connectivity index (χ0v) is 10.8. The van der Waals surface area contributed by atoms with Gasteiger partial charge in [0.25, 0.3) is 5.91 Å². The molecule has 0 aromatic carbocycles. The van der Waals surface area contributed by atoms with Crippen LogP contribution in [0.2, 0.25) is 0 Å². The largest absolute Gasteiger partial charge is 0.396 e. The summed E-state index contributed by atoms with van der Waals surface area (Å²) in [7, 11) is 0. The smallest absolute Gasteiger partial charge is 0.270 e. The van der Waals surface area contributed by atoms with Crippen molar-refractivity contribution in [1.29, 1.82) is 0 Å². The second-order valence-corrected chi connectivity index (χ2v) is 4.68. The Bertz CT molecular complexity index is 405. The zero-order valence-electron chi connectivity index (χ0n) is 10.8. The molecule has 0 radical (unpaired) electrons. The summed E-state index contributed by atoms with van der Waals surface area (Å²) in [4.78, 5) is 15.9. The summed E-state index contributed by atoms with van der Waals surface area (Å²) in [5, 5.41) is 21.3. The van der Waals surface area contributed by atoms with Gasteiger partial charge in [-0.1, -0.05) is 6.07 Å². The van der Waals surface area contributed by atoms with Gasteiger partial charge in [-0.3, -0.25) is 9.78 Å². The maximum Gasteiger partial charge on any atom is 0.270 e. The molecule has 1 aromatic rings. The highest BCUT2D eigenvalue weighted by Gasteiger charge is 2.21. The van der Waals surface area contributed by atoms with Gasteiger partial charge in [-0.25, -0.2) is 0 Å². The summed E-state index contributed by atoms with van der Waals surface area (Å²) in [5.41, 5.74) is 0.154. The Hall–Kier alpha value is -1.46. The van der Waals surface area contributed by atoms with E-state index < -0.39 is 5.60 Å². The van der Waals surface area contributed by atoms with Crippen LogP contribution in [0, 0.1) is 6.92 Å². The van der Waals surface area contributed by atoms with E-state index in [0.29, 0.717) is 18.5 Å². The molecule has 0 saturated heterocycles. The van der Waals surface area contributed by atoms with Gasteiger partial charge >= 0.3 is 0 Å². The Balaban J connectivity index is 2.54. The summed E-state index contributed by atoms with van der Waals surface area (Å²) in [6, 6.07) is 3.58. The number of nitrogens with zero attached hydrogens (tertiary/aromatic N) is 1. The molecule has 3 N–H and O–H groups in total. The number of hydrogen-bond donors (Lipinski definition) is 3. The van der Waals surface area contributed by atoms with Crippen LogP contribution in [0.25, 0.3) is 0 Å². The van der Waals surface area contributed by atoms with Gasteiger partial charge in [0.15, 0.2) is 0 Å². The number of aliphatic hydroxyl groups is 2. The van der Waals surface area contributed by atoms with Crippen LogP contribution in [0.4, 0.5) is 0 Å². The van der Waals surface area contributed by atoms with E-state index in [1.807, 2.05) is 13.0 Å². The second-order valence-electron chi connectivity index (χ2n) is 4.68. The van der Waals surface area contributed by atoms with Crippen LogP contribution in [-0.2, 0) is 0 Å². The molecule has 100 valence electrons. The predicted octanol–water partition coefficient (Wildman–Crippen LogP) is 0.643. The maximum atomic E-state index is 11.9. The van der Waals surface area contributed by atoms with Gasteiger partial charge < -0.3 is 15.5 Å². The van der Waals surface area contributed by atoms with Gasteiger partial charge in [0.2, 0.25) is 0 Å². The molecule has 0 bridgehead atoms. The first-order chi connectivity index (χ1) is 8.46. The van der Waals surface area contributed by atoms with Crippen molar-refractivity contribution in [3.63, 3.8) is 0 Å². The van der Waals surface area contributed by atoms with Crippen molar-refractivity contribution in [2.75, 3.05) is 13.2 Å². The van der Waals surface area contributed by atoms with Crippen molar-refractivity contribution in [3.8, 4) is 0 Å². The third kappa shape index (κ3) is 4.43. The molecule has 1 unspecified atom stereocenters. The molecule has 5 nitrogen and oxygen atoms in total. The number of aromatic nitrogens is 1. The first-order valence-corrected chi connectivity index (χ1v) is 5.99. The highest BCUT2D eigenvalue weighted by atomic mass is 16.3. The summed E-state index contributed by atoms with van der Waals surface area (Å²) in [6.45, 7) is 3.62. The number of aryl methyl sites for hydroxylation is 1. The minimum Gasteiger partial charge on any atom is -0.396 e. The first kappa shape index (κ1) is 14.6. The van der Waals surface area contributed by atoms with E-state index in [1.165, 1.54) is 0 Å². The van der Waals surface area contributed by atoms with Crippen LogP contribution in [0.5, 0.6) is 0 Å². The Morgan fingerprint density at radius 2 is 2.28 bits per heavy atom. The fourth-order valence-electron chi connectivity index (χ4n) is 1.63. The van der Waals surface area contributed by atoms with E-state index in [1.54, 1.807) is 19.2 Å². The number of pyridine rings is 1. The summed E-state index contributed by atoms with van der Waals surface area (Å²) >= 11 is 0. The molecule has 1 amide bonds. The van der Waals surface area contributed by atoms with Crippen LogP contribution in [0.15, 0.2) is 18.3 Å². The Morgan fingerprint density at radius 1 is 1.56 bits per heavy atom. The second kappa shape index (κ2) is 6.47. The number of carbonyl (C=O) groups is 1. The van der Waals surface area contributed by atoms with Crippen LogP contribution in [-0.4, -0.2) is 39.9 Å². The molecular weight excluding hydrogens is 232 g/mol. The van der Waals surface area contributed by atoms with Crippen LogP contribution in [0.1, 0.15) is 35.8 Å². The zero-order chi connectivity index (χ0) is 13.6. The number of aliphatic hydroxyl groups excluding tert-OH is 1. The number of nitrogens with one attached hydrogen (secondary N) is 1. The molecule has 1 atom stereocenters. The lowest BCUT2D eigenvalue weighted by Gasteiger charge is -2.23. The third-order valence-electron chi connectivity index (χ3n) is 2.73. The Morgan fingerprint density at radius 3 is 2.89 bits per heavy atom. The Labute approximate surface area is 107 Å². The fraction of sp³-hybridized carbons (Fsp3) is 0.538. The van der Waals surface area contributed by atoms with Gasteiger partial charge in [0.1, 0.15) is 5.69 Å². The van der Waals surface area contributed by atoms with E-state index in [2.05, 4.69) is 10.3 Å². The molecule has 5 heteroatoms.